The number of thioether (sulfide) groups is 1. The molecule has 5 rings (SSSR count). The van der Waals surface area contributed by atoms with Crippen molar-refractivity contribution in [2.45, 2.75) is 36.6 Å². The van der Waals surface area contributed by atoms with Gasteiger partial charge in [0.25, 0.3) is 5.91 Å². The molecule has 3 heterocycles. The summed E-state index contributed by atoms with van der Waals surface area (Å²) in [6, 6.07) is 24.6. The monoisotopic (exact) mass is 513 g/mol. The molecule has 1 fully saturated rings. The highest BCUT2D eigenvalue weighted by molar-refractivity contribution is 7.99. The molecule has 1 saturated heterocycles. The third kappa shape index (κ3) is 6.61. The number of amides is 1. The number of carbonyl (C=O) groups is 1. The van der Waals surface area contributed by atoms with E-state index in [9.17, 15) is 9.90 Å². The zero-order valence-corrected chi connectivity index (χ0v) is 20.9. The van der Waals surface area contributed by atoms with Gasteiger partial charge >= 0.3 is 0 Å². The van der Waals surface area contributed by atoms with Crippen LogP contribution in [-0.2, 0) is 16.1 Å². The third-order valence-electron chi connectivity index (χ3n) is 6.01. The van der Waals surface area contributed by atoms with Crippen LogP contribution < -0.4 is 5.32 Å². The number of aliphatic hydroxyl groups excluding tert-OH is 1. The predicted octanol–water partition coefficient (Wildman–Crippen LogP) is 5.56. The summed E-state index contributed by atoms with van der Waals surface area (Å²) in [7, 11) is 0. The molecule has 188 valence electrons. The molecule has 1 aliphatic rings. The summed E-state index contributed by atoms with van der Waals surface area (Å²) in [5, 5.41) is 13.3. The highest BCUT2D eigenvalue weighted by Crippen LogP contribution is 2.39. The minimum atomic E-state index is -0.610. The topological polar surface area (TPSA) is 93.6 Å². The van der Waals surface area contributed by atoms with Crippen LogP contribution in [0.4, 0.5) is 5.69 Å². The Hall–Kier alpha value is -3.56. The Kier molecular flexibility index (Phi) is 8.22. The van der Waals surface area contributed by atoms with E-state index in [1.807, 2.05) is 66.7 Å². The Morgan fingerprint density at radius 2 is 1.86 bits per heavy atom. The molecular formula is C29H27N3O4S. The molecule has 2 aromatic heterocycles. The van der Waals surface area contributed by atoms with Crippen LogP contribution in [0.25, 0.3) is 0 Å². The molecule has 3 atom stereocenters. The van der Waals surface area contributed by atoms with Crippen LogP contribution in [0.1, 0.15) is 45.9 Å². The van der Waals surface area contributed by atoms with Gasteiger partial charge in [-0.3, -0.25) is 9.78 Å². The van der Waals surface area contributed by atoms with Gasteiger partial charge in [0, 0.05) is 42.0 Å². The lowest BCUT2D eigenvalue weighted by atomic mass is 10.0. The summed E-state index contributed by atoms with van der Waals surface area (Å²) in [6.45, 7) is -0.00155. The van der Waals surface area contributed by atoms with Gasteiger partial charge in [-0.05, 0) is 47.5 Å². The number of carbonyl (C=O) groups excluding carboxylic acids is 1. The SMILES string of the molecule is O=C(Nc1cccc([C@H]2O[C@@H](CSc3ccccn3)C[C@@H](c3ccc(CO)cc3)O2)c1)c1cccnc1. The quantitative estimate of drug-likeness (QED) is 0.298. The minimum Gasteiger partial charge on any atom is -0.392 e. The summed E-state index contributed by atoms with van der Waals surface area (Å²) >= 11 is 1.65. The zero-order valence-electron chi connectivity index (χ0n) is 20.1. The van der Waals surface area contributed by atoms with Gasteiger partial charge in [-0.25, -0.2) is 4.98 Å². The number of nitrogens with one attached hydrogen (secondary N) is 1. The second kappa shape index (κ2) is 12.1. The van der Waals surface area contributed by atoms with Crippen molar-refractivity contribution in [3.05, 3.63) is 120 Å². The molecule has 2 N–H and O–H groups in total. The Balaban J connectivity index is 1.35. The van der Waals surface area contributed by atoms with Gasteiger partial charge in [-0.2, -0.15) is 0 Å². The smallest absolute Gasteiger partial charge is 0.257 e. The molecule has 1 aliphatic heterocycles. The molecule has 0 saturated carbocycles. The molecule has 0 bridgehead atoms. The number of hydrogen-bond acceptors (Lipinski definition) is 7. The first kappa shape index (κ1) is 25.1. The van der Waals surface area contributed by atoms with Crippen molar-refractivity contribution in [3.63, 3.8) is 0 Å². The third-order valence-corrected chi connectivity index (χ3v) is 7.09. The lowest BCUT2D eigenvalue weighted by Gasteiger charge is -2.36. The van der Waals surface area contributed by atoms with E-state index in [2.05, 4.69) is 15.3 Å². The summed E-state index contributed by atoms with van der Waals surface area (Å²) < 4.78 is 12.8. The van der Waals surface area contributed by atoms with Crippen molar-refractivity contribution >= 4 is 23.4 Å². The number of aromatic nitrogens is 2. The van der Waals surface area contributed by atoms with Gasteiger partial charge in [0.2, 0.25) is 0 Å². The van der Waals surface area contributed by atoms with Gasteiger partial charge in [-0.1, -0.05) is 42.5 Å². The zero-order chi connectivity index (χ0) is 25.5. The van der Waals surface area contributed by atoms with Gasteiger partial charge in [0.15, 0.2) is 6.29 Å². The van der Waals surface area contributed by atoms with Crippen LogP contribution in [0.2, 0.25) is 0 Å². The summed E-state index contributed by atoms with van der Waals surface area (Å²) in [5.74, 6) is 0.488. The fourth-order valence-electron chi connectivity index (χ4n) is 4.10. The average Bonchev–Trinajstić information content (AvgIpc) is 2.97. The van der Waals surface area contributed by atoms with Crippen LogP contribution >= 0.6 is 11.8 Å². The second-order valence-corrected chi connectivity index (χ2v) is 9.69. The fourth-order valence-corrected chi connectivity index (χ4v) is 4.98. The van der Waals surface area contributed by atoms with Crippen molar-refractivity contribution in [2.75, 3.05) is 11.1 Å². The second-order valence-electron chi connectivity index (χ2n) is 8.65. The van der Waals surface area contributed by atoms with Crippen LogP contribution in [0.5, 0.6) is 0 Å². The maximum Gasteiger partial charge on any atom is 0.257 e. The number of pyridine rings is 2. The first-order valence-corrected chi connectivity index (χ1v) is 13.0. The average molecular weight is 514 g/mol. The molecule has 2 aromatic carbocycles. The highest BCUT2D eigenvalue weighted by atomic mass is 32.2. The largest absolute Gasteiger partial charge is 0.392 e. The van der Waals surface area contributed by atoms with Crippen molar-refractivity contribution < 1.29 is 19.4 Å². The number of rotatable bonds is 8. The number of nitrogens with zero attached hydrogens (tertiary/aromatic N) is 2. The van der Waals surface area contributed by atoms with Gasteiger partial charge < -0.3 is 19.9 Å². The molecule has 0 unspecified atom stereocenters. The molecule has 7 nitrogen and oxygen atoms in total. The number of anilines is 1. The normalized spacial score (nSPS) is 19.3. The molecule has 1 amide bonds. The van der Waals surface area contributed by atoms with Crippen LogP contribution in [0.15, 0.2) is 102 Å². The molecule has 0 aliphatic carbocycles. The number of aliphatic hydroxyl groups is 1. The minimum absolute atomic E-state index is 0.00155. The lowest BCUT2D eigenvalue weighted by Crippen LogP contribution is -2.31. The first-order chi connectivity index (χ1) is 18.2. The molecule has 8 heteroatoms. The van der Waals surface area contributed by atoms with Crippen molar-refractivity contribution in [2.24, 2.45) is 0 Å². The standard InChI is InChI=1S/C29H27N3O4S/c33-18-20-9-11-21(12-10-20)26-16-25(19-37-27-8-1-2-14-31-27)35-29(36-26)22-5-3-7-24(15-22)32-28(34)23-6-4-13-30-17-23/h1-15,17,25-26,29,33H,16,18-19H2,(H,32,34)/t25-,26+,29+/m1/s1. The van der Waals surface area contributed by atoms with Gasteiger partial charge in [-0.15, -0.1) is 11.8 Å². The van der Waals surface area contributed by atoms with E-state index in [-0.39, 0.29) is 24.7 Å². The molecule has 0 spiro atoms. The Bertz CT molecular complexity index is 1310. The highest BCUT2D eigenvalue weighted by Gasteiger charge is 2.32. The molecule has 4 aromatic rings. The van der Waals surface area contributed by atoms with Crippen LogP contribution in [0, 0.1) is 0 Å². The van der Waals surface area contributed by atoms with Crippen molar-refractivity contribution in [1.29, 1.82) is 0 Å². The molecule has 37 heavy (non-hydrogen) atoms. The summed E-state index contributed by atoms with van der Waals surface area (Å²) in [6.07, 6.45) is 4.75. The van der Waals surface area contributed by atoms with E-state index in [1.54, 1.807) is 36.3 Å². The lowest BCUT2D eigenvalue weighted by molar-refractivity contribution is -0.245. The van der Waals surface area contributed by atoms with Gasteiger partial charge in [0.1, 0.15) is 0 Å². The summed E-state index contributed by atoms with van der Waals surface area (Å²) in [4.78, 5) is 21.0. The Morgan fingerprint density at radius 3 is 2.62 bits per heavy atom. The predicted molar refractivity (Wildman–Crippen MR) is 142 cm³/mol. The molecule has 0 radical (unpaired) electrons. The van der Waals surface area contributed by atoms with E-state index in [0.717, 1.165) is 27.5 Å². The fraction of sp³-hybridized carbons (Fsp3) is 0.207. The van der Waals surface area contributed by atoms with E-state index < -0.39 is 6.29 Å². The number of benzene rings is 2. The van der Waals surface area contributed by atoms with E-state index >= 15 is 0 Å². The Labute approximate surface area is 219 Å². The maximum absolute atomic E-state index is 12.6. The number of ether oxygens (including phenoxy) is 2. The van der Waals surface area contributed by atoms with E-state index in [4.69, 9.17) is 9.47 Å². The Morgan fingerprint density at radius 1 is 0.973 bits per heavy atom. The van der Waals surface area contributed by atoms with Crippen LogP contribution in [-0.4, -0.2) is 32.8 Å². The van der Waals surface area contributed by atoms with Gasteiger partial charge in [0.05, 0.1) is 29.4 Å². The van der Waals surface area contributed by atoms with Crippen molar-refractivity contribution in [1.82, 2.24) is 9.97 Å². The summed E-state index contributed by atoms with van der Waals surface area (Å²) in [5.41, 5.74) is 3.82. The molecular weight excluding hydrogens is 486 g/mol. The van der Waals surface area contributed by atoms with Crippen molar-refractivity contribution in [3.8, 4) is 0 Å². The maximum atomic E-state index is 12.6. The number of hydrogen-bond donors (Lipinski definition) is 2. The van der Waals surface area contributed by atoms with E-state index in [0.29, 0.717) is 17.7 Å². The van der Waals surface area contributed by atoms with E-state index in [1.165, 1.54) is 6.20 Å². The first-order valence-electron chi connectivity index (χ1n) is 12.0. The van der Waals surface area contributed by atoms with Crippen LogP contribution in [0.3, 0.4) is 0 Å².